The zero-order chi connectivity index (χ0) is 14.1. The predicted octanol–water partition coefficient (Wildman–Crippen LogP) is 3.61. The number of anilines is 1. The van der Waals surface area contributed by atoms with Crippen molar-refractivity contribution in [3.8, 4) is 5.75 Å². The molecule has 0 fully saturated rings. The number of nitrogens with zero attached hydrogens (tertiary/aromatic N) is 1. The van der Waals surface area contributed by atoms with Crippen molar-refractivity contribution in [1.82, 2.24) is 0 Å². The van der Waals surface area contributed by atoms with Crippen LogP contribution in [0.5, 0.6) is 5.75 Å². The molecule has 1 aromatic carbocycles. The molecule has 0 spiro atoms. The number of rotatable bonds is 3. The van der Waals surface area contributed by atoms with Crippen LogP contribution in [0.15, 0.2) is 33.4 Å². The molecular weight excluding hydrogens is 342 g/mol. The molecule has 0 aliphatic carbocycles. The van der Waals surface area contributed by atoms with E-state index in [1.165, 1.54) is 5.56 Å². The summed E-state index contributed by atoms with van der Waals surface area (Å²) in [4.78, 5) is 13.4. The maximum Gasteiger partial charge on any atom is 0.339 e. The van der Waals surface area contributed by atoms with Gasteiger partial charge in [-0.25, -0.2) is 4.79 Å². The Hall–Kier alpha value is -1.53. The van der Waals surface area contributed by atoms with Crippen molar-refractivity contribution in [1.29, 1.82) is 0 Å². The third kappa shape index (κ3) is 2.53. The first-order chi connectivity index (χ1) is 9.65. The minimum atomic E-state index is -0.957. The van der Waals surface area contributed by atoms with Crippen LogP contribution in [0.2, 0.25) is 0 Å². The highest BCUT2D eigenvalue weighted by Crippen LogP contribution is 2.36. The van der Waals surface area contributed by atoms with Crippen LogP contribution in [0.3, 0.4) is 0 Å². The molecule has 0 saturated heterocycles. The fraction of sp³-hybridized carbons (Fsp3) is 0.214. The molecule has 1 aliphatic heterocycles. The topological polar surface area (TPSA) is 49.8 Å². The molecule has 1 aliphatic rings. The van der Waals surface area contributed by atoms with E-state index in [1.54, 1.807) is 23.5 Å². The minimum Gasteiger partial charge on any atom is -0.489 e. The number of hydrogen-bond donors (Lipinski definition) is 1. The molecule has 20 heavy (non-hydrogen) atoms. The van der Waals surface area contributed by atoms with Gasteiger partial charge in [-0.1, -0.05) is 6.07 Å². The van der Waals surface area contributed by atoms with E-state index in [0.29, 0.717) is 12.4 Å². The van der Waals surface area contributed by atoms with Gasteiger partial charge in [-0.2, -0.15) is 0 Å². The number of hydrogen-bond acceptors (Lipinski definition) is 4. The Morgan fingerprint density at radius 1 is 1.50 bits per heavy atom. The average molecular weight is 354 g/mol. The Morgan fingerprint density at radius 3 is 3.05 bits per heavy atom. The van der Waals surface area contributed by atoms with Crippen molar-refractivity contribution >= 4 is 38.9 Å². The lowest BCUT2D eigenvalue weighted by atomic mass is 10.1. The SMILES string of the molecule is O=C(O)c1cccc2c1OCCN2Cc1csc(Br)c1. The van der Waals surface area contributed by atoms with Crippen LogP contribution in [0.1, 0.15) is 15.9 Å². The molecule has 0 atom stereocenters. The molecule has 2 heterocycles. The van der Waals surface area contributed by atoms with Gasteiger partial charge in [0.25, 0.3) is 0 Å². The molecular formula is C14H12BrNO3S. The van der Waals surface area contributed by atoms with E-state index in [9.17, 15) is 9.90 Å². The first-order valence-corrected chi connectivity index (χ1v) is 7.79. The molecule has 4 nitrogen and oxygen atoms in total. The van der Waals surface area contributed by atoms with E-state index < -0.39 is 5.97 Å². The number of carboxylic acids is 1. The molecule has 0 saturated carbocycles. The van der Waals surface area contributed by atoms with Crippen LogP contribution in [0.4, 0.5) is 5.69 Å². The van der Waals surface area contributed by atoms with Gasteiger partial charge >= 0.3 is 5.97 Å². The number of carbonyl (C=O) groups is 1. The van der Waals surface area contributed by atoms with Gasteiger partial charge in [0.1, 0.15) is 12.2 Å². The Kier molecular flexibility index (Phi) is 3.67. The smallest absolute Gasteiger partial charge is 0.339 e. The summed E-state index contributed by atoms with van der Waals surface area (Å²) in [5.41, 5.74) is 2.27. The standard InChI is InChI=1S/C14H12BrNO3S/c15-12-6-9(8-20-12)7-16-4-5-19-13-10(14(17)18)2-1-3-11(13)16/h1-3,6,8H,4-5,7H2,(H,17,18). The highest BCUT2D eigenvalue weighted by molar-refractivity contribution is 9.11. The van der Waals surface area contributed by atoms with Crippen LogP contribution in [-0.2, 0) is 6.54 Å². The Bertz CT molecular complexity index is 656. The van der Waals surface area contributed by atoms with Crippen LogP contribution >= 0.6 is 27.3 Å². The second kappa shape index (κ2) is 5.46. The van der Waals surface area contributed by atoms with Crippen molar-refractivity contribution in [3.63, 3.8) is 0 Å². The maximum atomic E-state index is 11.2. The second-order valence-electron chi connectivity index (χ2n) is 4.49. The zero-order valence-electron chi connectivity index (χ0n) is 10.5. The average Bonchev–Trinajstić information content (AvgIpc) is 2.84. The van der Waals surface area contributed by atoms with Crippen molar-refractivity contribution < 1.29 is 14.6 Å². The number of carboxylic acid groups (broad SMARTS) is 1. The molecule has 6 heteroatoms. The third-order valence-corrected chi connectivity index (χ3v) is 4.72. The lowest BCUT2D eigenvalue weighted by molar-refractivity contribution is 0.0692. The molecule has 0 radical (unpaired) electrons. The Labute approximate surface area is 128 Å². The molecule has 0 unspecified atom stereocenters. The van der Waals surface area contributed by atoms with Crippen molar-refractivity contribution in [3.05, 3.63) is 44.6 Å². The molecule has 0 bridgehead atoms. The maximum absolute atomic E-state index is 11.2. The summed E-state index contributed by atoms with van der Waals surface area (Å²) < 4.78 is 6.66. The van der Waals surface area contributed by atoms with Crippen LogP contribution < -0.4 is 9.64 Å². The monoisotopic (exact) mass is 353 g/mol. The number of benzene rings is 1. The van der Waals surface area contributed by atoms with E-state index in [4.69, 9.17) is 4.74 Å². The summed E-state index contributed by atoms with van der Waals surface area (Å²) in [6.07, 6.45) is 0. The summed E-state index contributed by atoms with van der Waals surface area (Å²) in [5.74, 6) is -0.484. The molecule has 1 aromatic heterocycles. The van der Waals surface area contributed by atoms with Crippen molar-refractivity contribution in [2.24, 2.45) is 0 Å². The molecule has 1 N–H and O–H groups in total. The molecule has 0 amide bonds. The normalized spacial score (nSPS) is 13.8. The molecule has 2 aromatic rings. The summed E-state index contributed by atoms with van der Waals surface area (Å²) >= 11 is 5.10. The largest absolute Gasteiger partial charge is 0.489 e. The van der Waals surface area contributed by atoms with Crippen LogP contribution in [0.25, 0.3) is 0 Å². The van der Waals surface area contributed by atoms with Gasteiger partial charge in [-0.05, 0) is 45.1 Å². The number of para-hydroxylation sites is 1. The summed E-state index contributed by atoms with van der Waals surface area (Å²) in [5, 5.41) is 11.3. The van der Waals surface area contributed by atoms with Crippen LogP contribution in [-0.4, -0.2) is 24.2 Å². The highest BCUT2D eigenvalue weighted by atomic mass is 79.9. The van der Waals surface area contributed by atoms with Gasteiger partial charge in [0.2, 0.25) is 0 Å². The highest BCUT2D eigenvalue weighted by Gasteiger charge is 2.23. The number of halogens is 1. The van der Waals surface area contributed by atoms with Gasteiger partial charge in [-0.15, -0.1) is 11.3 Å². The van der Waals surface area contributed by atoms with Crippen molar-refractivity contribution in [2.75, 3.05) is 18.1 Å². The molecule has 104 valence electrons. The lowest BCUT2D eigenvalue weighted by Crippen LogP contribution is -2.32. The number of thiophene rings is 1. The van der Waals surface area contributed by atoms with Gasteiger partial charge in [0.05, 0.1) is 16.0 Å². The van der Waals surface area contributed by atoms with E-state index in [1.807, 2.05) is 6.07 Å². The minimum absolute atomic E-state index is 0.221. The van der Waals surface area contributed by atoms with Crippen LogP contribution in [0, 0.1) is 0 Å². The zero-order valence-corrected chi connectivity index (χ0v) is 12.9. The van der Waals surface area contributed by atoms with Gasteiger partial charge in [0.15, 0.2) is 5.75 Å². The first kappa shape index (κ1) is 13.5. The van der Waals surface area contributed by atoms with E-state index in [-0.39, 0.29) is 5.56 Å². The number of fused-ring (bicyclic) bond motifs is 1. The van der Waals surface area contributed by atoms with Gasteiger partial charge in [-0.3, -0.25) is 0 Å². The third-order valence-electron chi connectivity index (χ3n) is 3.17. The van der Waals surface area contributed by atoms with E-state index >= 15 is 0 Å². The van der Waals surface area contributed by atoms with Gasteiger partial charge < -0.3 is 14.7 Å². The summed E-state index contributed by atoms with van der Waals surface area (Å²) in [6.45, 7) is 2.01. The van der Waals surface area contributed by atoms with E-state index in [0.717, 1.165) is 22.6 Å². The fourth-order valence-electron chi connectivity index (χ4n) is 2.29. The predicted molar refractivity (Wildman–Crippen MR) is 82.0 cm³/mol. The van der Waals surface area contributed by atoms with E-state index in [2.05, 4.69) is 32.3 Å². The Balaban J connectivity index is 1.94. The number of ether oxygens (including phenoxy) is 1. The lowest BCUT2D eigenvalue weighted by Gasteiger charge is -2.31. The first-order valence-electron chi connectivity index (χ1n) is 6.12. The second-order valence-corrected chi connectivity index (χ2v) is 6.78. The summed E-state index contributed by atoms with van der Waals surface area (Å²) in [6, 6.07) is 7.32. The van der Waals surface area contributed by atoms with Crippen molar-refractivity contribution in [2.45, 2.75) is 6.54 Å². The summed E-state index contributed by atoms with van der Waals surface area (Å²) in [7, 11) is 0. The molecule has 3 rings (SSSR count). The van der Waals surface area contributed by atoms with Gasteiger partial charge in [0, 0.05) is 6.54 Å². The Morgan fingerprint density at radius 2 is 2.35 bits per heavy atom. The number of aromatic carboxylic acids is 1. The quantitative estimate of drug-likeness (QED) is 0.915. The fourth-order valence-corrected chi connectivity index (χ4v) is 3.49.